The summed E-state index contributed by atoms with van der Waals surface area (Å²) in [6.45, 7) is -5.06. The standard InChI is InChI=1S/C66H111N5O47/c1-17-35(85)45(95)47(97)63(103-17)118-57-56(117-59-32(69-19(3)82)44(94)37(87)24(8-74)105-59)41(91)28(12-78)109-66(57)114-53-34(71-21(5)84)61(107-26(10-76)39(53)89)116-55-42(92)30(15-102-58-31(68-18(2)81)43(93)36(86)23(7-73)104-58)111-65(50(55)100)113-52-33(70-20(4)83)60(106-25(9-75)38(52)88)115-54-40(90)27(11-77)108-64(49(54)99)112-51-29(13-79)110-62(48(98)46(51)96)101-14-22(6-72)67-16-80/h16-17,22-66,72-79,85-100H,6-15H2,1-5H3,(H,67,80)(H,68,81)(H,69,82)(H,70,83)(H,71,84)/t17-,22+,23+,24+,25+,26+,27+,28+,29+,30+,31+,32+,33+,34+,35+,36+,37-,38+,39+,40-,41-,42-,43+,44+,45+,46+,47-,48+,49+,50+,51+,52+,53+,54-,55-,56-,57+,58+,59+,60-,61-,62+,63-,64-,65-,66-/m0/s1. The lowest BCUT2D eigenvalue weighted by Crippen LogP contribution is -2.72. The van der Waals surface area contributed by atoms with E-state index in [2.05, 4.69) is 26.6 Å². The Kier molecular flexibility index (Phi) is 36.0. The monoisotopic (exact) mass is 1730 g/mol. The van der Waals surface area contributed by atoms with Crippen LogP contribution in [0, 0.1) is 0 Å². The van der Waals surface area contributed by atoms with Crippen LogP contribution in [0.3, 0.4) is 0 Å². The van der Waals surface area contributed by atoms with Crippen molar-refractivity contribution >= 4 is 30.0 Å². The maximum Gasteiger partial charge on any atom is 0.217 e. The van der Waals surface area contributed by atoms with Crippen LogP contribution in [-0.2, 0) is 109 Å². The zero-order valence-electron chi connectivity index (χ0n) is 63.8. The number of hydrogen-bond acceptors (Lipinski definition) is 47. The second-order valence-corrected chi connectivity index (χ2v) is 29.6. The summed E-state index contributed by atoms with van der Waals surface area (Å²) in [5.74, 6) is -3.80. The van der Waals surface area contributed by atoms with E-state index in [9.17, 15) is 147 Å². The topological polar surface area (TPSA) is 797 Å². The van der Waals surface area contributed by atoms with E-state index in [1.165, 1.54) is 6.92 Å². The lowest BCUT2D eigenvalue weighted by atomic mass is 9.93. The third-order valence-corrected chi connectivity index (χ3v) is 21.3. The Labute approximate surface area is 669 Å². The third-order valence-electron chi connectivity index (χ3n) is 21.3. The van der Waals surface area contributed by atoms with Gasteiger partial charge in [0.1, 0.15) is 213 Å². The van der Waals surface area contributed by atoms with Crippen LogP contribution in [0.15, 0.2) is 0 Å². The van der Waals surface area contributed by atoms with Crippen molar-refractivity contribution in [2.75, 3.05) is 66.1 Å². The molecule has 9 aliphatic rings. The van der Waals surface area contributed by atoms with Gasteiger partial charge in [0.05, 0.1) is 78.2 Å². The molecule has 9 rings (SSSR count). The summed E-state index contributed by atoms with van der Waals surface area (Å²) in [5.41, 5.74) is 0. The molecule has 29 N–H and O–H groups in total. The van der Waals surface area contributed by atoms with E-state index in [0.717, 1.165) is 27.7 Å². The Balaban J connectivity index is 1.07. The first-order valence-electron chi connectivity index (χ1n) is 37.7. The molecule has 0 aromatic rings. The van der Waals surface area contributed by atoms with Crippen molar-refractivity contribution in [3.8, 4) is 0 Å². The number of rotatable bonds is 34. The maximum atomic E-state index is 13.6. The molecule has 0 spiro atoms. The molecule has 52 nitrogen and oxygen atoms in total. The second-order valence-electron chi connectivity index (χ2n) is 29.6. The summed E-state index contributed by atoms with van der Waals surface area (Å²) >= 11 is 0. The molecule has 118 heavy (non-hydrogen) atoms. The number of carbonyl (C=O) groups is 5. The van der Waals surface area contributed by atoms with Gasteiger partial charge >= 0.3 is 0 Å². The molecule has 9 aliphatic heterocycles. The first-order chi connectivity index (χ1) is 55.9. The quantitative estimate of drug-likeness (QED) is 0.0266. The molecule has 0 unspecified atom stereocenters. The van der Waals surface area contributed by atoms with Crippen LogP contribution in [0.1, 0.15) is 34.6 Å². The van der Waals surface area contributed by atoms with Gasteiger partial charge in [0.15, 0.2) is 56.6 Å². The molecular formula is C66H111N5O47. The fourth-order valence-corrected chi connectivity index (χ4v) is 15.0. The van der Waals surface area contributed by atoms with Crippen LogP contribution in [-0.4, -0.2) is 501 Å². The molecule has 9 saturated heterocycles. The molecule has 46 atom stereocenters. The van der Waals surface area contributed by atoms with E-state index >= 15 is 0 Å². The molecule has 0 radical (unpaired) electrons. The summed E-state index contributed by atoms with van der Waals surface area (Å²) in [4.78, 5) is 63.3. The molecule has 682 valence electrons. The Hall–Kier alpha value is -4.33. The van der Waals surface area contributed by atoms with E-state index in [1.54, 1.807) is 0 Å². The zero-order valence-corrected chi connectivity index (χ0v) is 63.8. The van der Waals surface area contributed by atoms with Crippen LogP contribution < -0.4 is 26.6 Å². The first-order valence-corrected chi connectivity index (χ1v) is 37.7. The van der Waals surface area contributed by atoms with Crippen LogP contribution in [0.2, 0.25) is 0 Å². The Morgan fingerprint density at radius 1 is 0.297 bits per heavy atom. The average Bonchev–Trinajstić information content (AvgIpc) is 0.760. The minimum atomic E-state index is -2.60. The van der Waals surface area contributed by atoms with Crippen molar-refractivity contribution in [3.63, 3.8) is 0 Å². The predicted molar refractivity (Wildman–Crippen MR) is 366 cm³/mol. The first kappa shape index (κ1) is 97.5. The number of hydrogen-bond donors (Lipinski definition) is 29. The van der Waals surface area contributed by atoms with Crippen LogP contribution in [0.5, 0.6) is 0 Å². The maximum absolute atomic E-state index is 13.6. The molecule has 0 aromatic carbocycles. The SMILES string of the molecule is CC(=O)N[C@H]1[C@@H](O[C@H]2[C@@H](O)[C@@H](CO)O[C@@H](O[C@H]3[C@H](O)[C@@H](CO)O[C@@H](O[C@H]4[C@@H](O)[C@@H](CO[C@@H]5O[C@H](CO)[C@@H](O)[C@H](O)[C@H]5NC(C)=O)O[C@@H](O[C@H]5[C@H](O)[C@@H](CO)O[C@@H](O[C@H]6[C@@H](O)[C@@H](CO)O[C@@H](O[C@H]7[C@H](O)[C@@H](O)[C@H](OC[C@@H](CO)NC=O)O[C@@H]7CO)[C@@H]6O)[C@@H]5NC(C)=O)[C@@H]4O)[C@@H]3NC(C)=O)[C@@H]2O[C@@H]2O[C@@H](C)[C@@H](O)[C@@H](O)[C@@H]2O)O[C@H](CO)[C@H](O)[C@@H]1O. The molecule has 0 aromatic heterocycles. The van der Waals surface area contributed by atoms with Crippen molar-refractivity contribution in [1.82, 2.24) is 26.6 Å². The highest BCUT2D eigenvalue weighted by Crippen LogP contribution is 2.41. The number of amides is 5. The summed E-state index contributed by atoms with van der Waals surface area (Å²) in [7, 11) is 0. The highest BCUT2D eigenvalue weighted by molar-refractivity contribution is 5.74. The molecule has 9 fully saturated rings. The highest BCUT2D eigenvalue weighted by Gasteiger charge is 2.62. The van der Waals surface area contributed by atoms with Gasteiger partial charge in [-0.25, -0.2) is 0 Å². The average molecular weight is 1730 g/mol. The van der Waals surface area contributed by atoms with Gasteiger partial charge < -0.3 is 234 Å². The smallest absolute Gasteiger partial charge is 0.217 e. The van der Waals surface area contributed by atoms with E-state index in [4.69, 9.17) is 85.3 Å². The minimum Gasteiger partial charge on any atom is -0.394 e. The van der Waals surface area contributed by atoms with Crippen molar-refractivity contribution in [2.24, 2.45) is 0 Å². The van der Waals surface area contributed by atoms with Gasteiger partial charge in [-0.3, -0.25) is 24.0 Å². The van der Waals surface area contributed by atoms with Crippen molar-refractivity contribution in [3.05, 3.63) is 0 Å². The van der Waals surface area contributed by atoms with Crippen LogP contribution in [0.25, 0.3) is 0 Å². The summed E-state index contributed by atoms with van der Waals surface area (Å²) in [5, 5.41) is 281. The van der Waals surface area contributed by atoms with E-state index in [0.29, 0.717) is 0 Å². The Morgan fingerprint density at radius 3 is 1.07 bits per heavy atom. The Morgan fingerprint density at radius 2 is 0.619 bits per heavy atom. The van der Waals surface area contributed by atoms with Gasteiger partial charge in [-0.1, -0.05) is 0 Å². The Bertz CT molecular complexity index is 3140. The summed E-state index contributed by atoms with van der Waals surface area (Å²) in [6.07, 6.45) is -85.4. The second kappa shape index (κ2) is 43.5. The molecule has 52 heteroatoms. The van der Waals surface area contributed by atoms with Crippen molar-refractivity contribution in [2.45, 2.75) is 317 Å². The van der Waals surface area contributed by atoms with Gasteiger partial charge in [0, 0.05) is 27.7 Å². The molecule has 0 aliphatic carbocycles. The van der Waals surface area contributed by atoms with Crippen LogP contribution in [0.4, 0.5) is 0 Å². The van der Waals surface area contributed by atoms with Gasteiger partial charge in [0.25, 0.3) is 0 Å². The summed E-state index contributed by atoms with van der Waals surface area (Å²) in [6, 6.07) is -8.75. The van der Waals surface area contributed by atoms with Crippen LogP contribution >= 0.6 is 0 Å². The number of carbonyl (C=O) groups excluding carboxylic acids is 5. The molecule has 0 saturated carbocycles. The number of nitrogens with one attached hydrogen (secondary N) is 5. The van der Waals surface area contributed by atoms with Gasteiger partial charge in [-0.05, 0) is 6.92 Å². The predicted octanol–water partition coefficient (Wildman–Crippen LogP) is -19.9. The number of aliphatic hydroxyl groups excluding tert-OH is 24. The van der Waals surface area contributed by atoms with Gasteiger partial charge in [-0.2, -0.15) is 0 Å². The number of ether oxygens (including phenoxy) is 18. The molecule has 0 bridgehead atoms. The number of aliphatic hydroxyl groups is 24. The fourth-order valence-electron chi connectivity index (χ4n) is 15.0. The zero-order chi connectivity index (χ0) is 86.9. The molecular weight excluding hydrogens is 1610 g/mol. The highest BCUT2D eigenvalue weighted by atomic mass is 16.8. The van der Waals surface area contributed by atoms with Crippen molar-refractivity contribution in [1.29, 1.82) is 0 Å². The van der Waals surface area contributed by atoms with Crippen molar-refractivity contribution < 1.29 is 232 Å². The fraction of sp³-hybridized carbons (Fsp3) is 0.924. The summed E-state index contributed by atoms with van der Waals surface area (Å²) < 4.78 is 108. The lowest BCUT2D eigenvalue weighted by molar-refractivity contribution is -0.401. The van der Waals surface area contributed by atoms with Gasteiger partial charge in [-0.15, -0.1) is 0 Å². The van der Waals surface area contributed by atoms with Gasteiger partial charge in [0.2, 0.25) is 30.0 Å². The largest absolute Gasteiger partial charge is 0.394 e. The third kappa shape index (κ3) is 22.1. The molecule has 5 amide bonds. The normalized spacial score (nSPS) is 47.2. The molecule has 9 heterocycles. The van der Waals surface area contributed by atoms with E-state index in [-0.39, 0.29) is 6.41 Å². The van der Waals surface area contributed by atoms with E-state index in [1.807, 2.05) is 0 Å². The lowest BCUT2D eigenvalue weighted by Gasteiger charge is -2.52. The minimum absolute atomic E-state index is 0.241. The van der Waals surface area contributed by atoms with E-state index < -0.39 is 372 Å².